The molecule has 3 fully saturated rings. The van der Waals surface area contributed by atoms with Crippen LogP contribution in [0.25, 0.3) is 0 Å². The molecule has 1 N–H and O–H groups in total. The molecule has 27 heavy (non-hydrogen) atoms. The topological polar surface area (TPSA) is 49.4 Å². The van der Waals surface area contributed by atoms with Gasteiger partial charge in [0.15, 0.2) is 0 Å². The van der Waals surface area contributed by atoms with Crippen molar-refractivity contribution < 1.29 is 31.5 Å². The lowest BCUT2D eigenvalue weighted by Crippen LogP contribution is -2.61. The van der Waals surface area contributed by atoms with Crippen molar-refractivity contribution in [3.63, 3.8) is 0 Å². The second-order valence-corrected chi connectivity index (χ2v) is 7.48. The molecule has 2 aliphatic heterocycles. The van der Waals surface area contributed by atoms with Crippen LogP contribution in [0.3, 0.4) is 0 Å². The second-order valence-electron chi connectivity index (χ2n) is 7.48. The molecule has 2 saturated heterocycles. The lowest BCUT2D eigenvalue weighted by atomic mass is 9.73. The minimum Gasteiger partial charge on any atom is -0.339 e. The summed E-state index contributed by atoms with van der Waals surface area (Å²) >= 11 is 0. The Kier molecular flexibility index (Phi) is 4.47. The number of amides is 2. The number of rotatable bonds is 4. The summed E-state index contributed by atoms with van der Waals surface area (Å²) in [5, 5.41) is 2.38. The molecule has 4 rings (SSSR count). The summed E-state index contributed by atoms with van der Waals surface area (Å²) in [5.41, 5.74) is -4.57. The van der Waals surface area contributed by atoms with Crippen LogP contribution in [-0.4, -0.2) is 35.2 Å². The summed E-state index contributed by atoms with van der Waals surface area (Å²) in [6.07, 6.45) is -7.08. The first-order valence-corrected chi connectivity index (χ1v) is 8.47. The first-order chi connectivity index (χ1) is 12.4. The Hall–Kier alpha value is -2.19. The summed E-state index contributed by atoms with van der Waals surface area (Å²) in [6, 6.07) is 4.01. The van der Waals surface area contributed by atoms with Crippen molar-refractivity contribution >= 4 is 11.8 Å². The zero-order chi connectivity index (χ0) is 20.2. The normalized spacial score (nSPS) is 26.5. The van der Waals surface area contributed by atoms with Crippen molar-refractivity contribution in [3.8, 4) is 0 Å². The number of benzene rings is 1. The number of halogens is 5. The third kappa shape index (κ3) is 3.06. The molecule has 1 atom stereocenters. The molecule has 0 radical (unpaired) electrons. The molecule has 9 heteroatoms. The van der Waals surface area contributed by atoms with Crippen molar-refractivity contribution in [2.45, 2.75) is 50.4 Å². The van der Waals surface area contributed by atoms with Crippen molar-refractivity contribution in [1.29, 1.82) is 0 Å². The van der Waals surface area contributed by atoms with Gasteiger partial charge in [0.05, 0.1) is 5.56 Å². The molecule has 148 valence electrons. The van der Waals surface area contributed by atoms with E-state index < -0.39 is 41.1 Å². The summed E-state index contributed by atoms with van der Waals surface area (Å²) in [5.74, 6) is -1.52. The van der Waals surface area contributed by atoms with Crippen LogP contribution in [0.15, 0.2) is 24.3 Å². The van der Waals surface area contributed by atoms with Gasteiger partial charge in [0.1, 0.15) is 11.1 Å². The van der Waals surface area contributed by atoms with E-state index in [4.69, 9.17) is 0 Å². The van der Waals surface area contributed by atoms with E-state index >= 15 is 0 Å². The number of hydrogen-bond donors (Lipinski definition) is 1. The molecule has 0 aromatic heterocycles. The Balaban J connectivity index is 2.03. The van der Waals surface area contributed by atoms with E-state index in [0.717, 1.165) is 30.0 Å². The van der Waals surface area contributed by atoms with E-state index in [1.54, 1.807) is 0 Å². The Morgan fingerprint density at radius 3 is 2.33 bits per heavy atom. The number of carbonyl (C=O) groups excluding carboxylic acids is 2. The third-order valence-corrected chi connectivity index (χ3v) is 5.53. The highest BCUT2D eigenvalue weighted by molar-refractivity contribution is 5.92. The van der Waals surface area contributed by atoms with Crippen LogP contribution in [-0.2, 0) is 21.3 Å². The van der Waals surface area contributed by atoms with Crippen LogP contribution >= 0.6 is 0 Å². The highest BCUT2D eigenvalue weighted by Crippen LogP contribution is 2.54. The van der Waals surface area contributed by atoms with Gasteiger partial charge in [0.2, 0.25) is 5.91 Å². The number of fused-ring (bicyclic) bond motifs is 1. The number of carbonyl (C=O) groups is 2. The number of nitrogens with one attached hydrogen (secondary N) is 1. The number of nitrogens with zero attached hydrogens (tertiary/aromatic N) is 1. The van der Waals surface area contributed by atoms with Gasteiger partial charge < -0.3 is 10.2 Å². The molecule has 2 bridgehead atoms. The minimum absolute atomic E-state index is 0.0500. The van der Waals surface area contributed by atoms with Gasteiger partial charge >= 0.3 is 6.18 Å². The molecule has 1 aliphatic carbocycles. The number of hydrogen-bond acceptors (Lipinski definition) is 2. The van der Waals surface area contributed by atoms with Crippen LogP contribution < -0.4 is 5.32 Å². The van der Waals surface area contributed by atoms with Gasteiger partial charge in [-0.2, -0.15) is 13.2 Å². The van der Waals surface area contributed by atoms with E-state index in [9.17, 15) is 31.5 Å². The van der Waals surface area contributed by atoms with Crippen molar-refractivity contribution in [1.82, 2.24) is 10.2 Å². The zero-order valence-corrected chi connectivity index (χ0v) is 14.7. The van der Waals surface area contributed by atoms with E-state index in [1.807, 2.05) is 0 Å². The summed E-state index contributed by atoms with van der Waals surface area (Å²) in [6.45, 7) is 2.48. The van der Waals surface area contributed by atoms with Gasteiger partial charge in [-0.25, -0.2) is 8.78 Å². The average Bonchev–Trinajstić information content (AvgIpc) is 3.09. The molecule has 1 aromatic rings. The second kappa shape index (κ2) is 6.17. The SMILES string of the molecule is CC(=O)NC(C)(C(=O)N1CC2CC1(C(F)F)C2)c1cccc(C(F)(F)F)c1. The fraction of sp³-hybridized carbons (Fsp3) is 0.556. The lowest BCUT2D eigenvalue weighted by Gasteiger charge is -2.44. The molecule has 1 aromatic carbocycles. The van der Waals surface area contributed by atoms with Gasteiger partial charge in [-0.3, -0.25) is 9.59 Å². The molecular formula is C18H19F5N2O2. The Labute approximate surface area is 152 Å². The average molecular weight is 390 g/mol. The van der Waals surface area contributed by atoms with Crippen molar-refractivity contribution in [2.75, 3.05) is 6.54 Å². The van der Waals surface area contributed by atoms with E-state index in [0.29, 0.717) is 0 Å². The molecule has 4 nitrogen and oxygen atoms in total. The van der Waals surface area contributed by atoms with E-state index in [-0.39, 0.29) is 30.9 Å². The van der Waals surface area contributed by atoms with Gasteiger partial charge in [-0.05, 0) is 43.4 Å². The monoisotopic (exact) mass is 390 g/mol. The highest BCUT2D eigenvalue weighted by atomic mass is 19.4. The fourth-order valence-electron chi connectivity index (χ4n) is 4.19. The maximum absolute atomic E-state index is 13.6. The Morgan fingerprint density at radius 1 is 1.22 bits per heavy atom. The van der Waals surface area contributed by atoms with Gasteiger partial charge in [0.25, 0.3) is 12.3 Å². The van der Waals surface area contributed by atoms with Crippen LogP contribution in [0.2, 0.25) is 0 Å². The van der Waals surface area contributed by atoms with Gasteiger partial charge in [-0.1, -0.05) is 12.1 Å². The van der Waals surface area contributed by atoms with Crippen molar-refractivity contribution in [3.05, 3.63) is 35.4 Å². The van der Waals surface area contributed by atoms with Crippen LogP contribution in [0.1, 0.15) is 37.8 Å². The van der Waals surface area contributed by atoms with E-state index in [1.165, 1.54) is 13.0 Å². The Morgan fingerprint density at radius 2 is 1.81 bits per heavy atom. The van der Waals surface area contributed by atoms with E-state index in [2.05, 4.69) is 5.32 Å². The molecule has 3 aliphatic rings. The molecule has 2 amide bonds. The van der Waals surface area contributed by atoms with Crippen LogP contribution in [0, 0.1) is 5.92 Å². The predicted octanol–water partition coefficient (Wildman–Crippen LogP) is 3.31. The first kappa shape index (κ1) is 19.6. The van der Waals surface area contributed by atoms with Crippen LogP contribution in [0.5, 0.6) is 0 Å². The maximum atomic E-state index is 13.6. The maximum Gasteiger partial charge on any atom is 0.416 e. The molecule has 1 saturated carbocycles. The Bertz CT molecular complexity index is 773. The lowest BCUT2D eigenvalue weighted by molar-refractivity contribution is -0.151. The highest BCUT2D eigenvalue weighted by Gasteiger charge is 2.64. The summed E-state index contributed by atoms with van der Waals surface area (Å²) < 4.78 is 66.5. The quantitative estimate of drug-likeness (QED) is 0.802. The van der Waals surface area contributed by atoms with Crippen molar-refractivity contribution in [2.24, 2.45) is 5.92 Å². The smallest absolute Gasteiger partial charge is 0.339 e. The molecule has 0 spiro atoms. The third-order valence-electron chi connectivity index (χ3n) is 5.53. The minimum atomic E-state index is -4.64. The number of alkyl halides is 5. The molecule has 2 heterocycles. The predicted molar refractivity (Wildman–Crippen MR) is 85.8 cm³/mol. The summed E-state index contributed by atoms with van der Waals surface area (Å²) in [7, 11) is 0. The fourth-order valence-corrected chi connectivity index (χ4v) is 4.19. The largest absolute Gasteiger partial charge is 0.416 e. The summed E-state index contributed by atoms with van der Waals surface area (Å²) in [4.78, 5) is 25.9. The van der Waals surface area contributed by atoms with Gasteiger partial charge in [0, 0.05) is 13.5 Å². The molecule has 1 unspecified atom stereocenters. The standard InChI is InChI=1S/C18H19F5N2O2/c1-10(26)24-16(2,12-4-3-5-13(6-12)18(21,22)23)15(27)25-9-11-7-17(25,8-11)14(19)20/h3-6,11,14H,7-9H2,1-2H3,(H,24,26). The molecular weight excluding hydrogens is 371 g/mol. The first-order valence-electron chi connectivity index (χ1n) is 8.47. The van der Waals surface area contributed by atoms with Crippen LogP contribution in [0.4, 0.5) is 22.0 Å². The van der Waals surface area contributed by atoms with Gasteiger partial charge in [-0.15, -0.1) is 0 Å². The zero-order valence-electron chi connectivity index (χ0n) is 14.7.